The van der Waals surface area contributed by atoms with E-state index in [1.54, 1.807) is 42.5 Å². The molecule has 0 bridgehead atoms. The molecule has 10 nitrogen and oxygen atoms in total. The molecule has 0 aliphatic rings. The number of hydrogen-bond donors (Lipinski definition) is 3. The van der Waals surface area contributed by atoms with Gasteiger partial charge in [0.1, 0.15) is 11.4 Å². The summed E-state index contributed by atoms with van der Waals surface area (Å²) < 4.78 is 35.7. The van der Waals surface area contributed by atoms with Gasteiger partial charge in [0, 0.05) is 12.1 Å². The Bertz CT molecular complexity index is 1470. The number of nitrogens with zero attached hydrogens (tertiary/aromatic N) is 5. The van der Waals surface area contributed by atoms with Gasteiger partial charge in [0.25, 0.3) is 17.6 Å². The Balaban J connectivity index is 0.000000395. The average Bonchev–Trinajstić information content (AvgIpc) is 3.56. The number of para-hydroxylation sites is 1. The molecule has 0 aliphatic carbocycles. The van der Waals surface area contributed by atoms with Crippen LogP contribution in [0.1, 0.15) is 44.9 Å². The number of carbonyl (C=O) groups excluding carboxylic acids is 2. The van der Waals surface area contributed by atoms with E-state index in [1.807, 2.05) is 6.92 Å². The number of aryl methyl sites for hydroxylation is 2. The molecule has 4 aromatic rings. The third-order valence-electron chi connectivity index (χ3n) is 5.11. The number of alkyl halides is 3. The molecule has 2 aromatic carbocycles. The Morgan fingerprint density at radius 1 is 1.08 bits per heavy atom. The first kappa shape index (κ1) is 29.9. The van der Waals surface area contributed by atoms with Crippen molar-refractivity contribution in [2.45, 2.75) is 26.4 Å². The van der Waals surface area contributed by atoms with Crippen LogP contribution in [0.25, 0.3) is 5.69 Å². The van der Waals surface area contributed by atoms with E-state index < -0.39 is 17.9 Å². The number of aromatic nitrogens is 6. The summed E-state index contributed by atoms with van der Waals surface area (Å²) in [6.07, 6.45) is -3.88. The Hall–Kier alpha value is -3.68. The van der Waals surface area contributed by atoms with Crippen LogP contribution in [0.5, 0.6) is 0 Å². The molecule has 0 unspecified atom stereocenters. The maximum absolute atomic E-state index is 13.2. The fourth-order valence-corrected chi connectivity index (χ4v) is 4.14. The smallest absolute Gasteiger partial charge is 0.355 e. The quantitative estimate of drug-likeness (QED) is 0.275. The van der Waals surface area contributed by atoms with E-state index >= 15 is 0 Å². The molecule has 2 amide bonds. The van der Waals surface area contributed by atoms with Crippen molar-refractivity contribution in [3.8, 4) is 5.69 Å². The Labute approximate surface area is 234 Å². The molecular weight excluding hydrogens is 584 g/mol. The zero-order valence-corrected chi connectivity index (χ0v) is 22.8. The summed E-state index contributed by atoms with van der Waals surface area (Å²) in [4.78, 5) is 25.5. The summed E-state index contributed by atoms with van der Waals surface area (Å²) in [6.45, 7) is 3.68. The monoisotopic (exact) mass is 602 g/mol. The van der Waals surface area contributed by atoms with Crippen LogP contribution in [0, 0.1) is 6.92 Å². The number of rotatable bonds is 5. The summed E-state index contributed by atoms with van der Waals surface area (Å²) >= 11 is 18.8. The van der Waals surface area contributed by atoms with Crippen molar-refractivity contribution in [3.63, 3.8) is 0 Å². The maximum atomic E-state index is 13.2. The van der Waals surface area contributed by atoms with E-state index in [0.717, 1.165) is 0 Å². The third-order valence-corrected chi connectivity index (χ3v) is 5.94. The van der Waals surface area contributed by atoms with Crippen LogP contribution in [0.4, 0.5) is 18.9 Å². The summed E-state index contributed by atoms with van der Waals surface area (Å²) in [5.74, 6) is -2.08. The summed E-state index contributed by atoms with van der Waals surface area (Å²) in [6, 6.07) is 9.90. The number of tetrazole rings is 1. The van der Waals surface area contributed by atoms with Crippen LogP contribution >= 0.6 is 34.8 Å². The second-order valence-corrected chi connectivity index (χ2v) is 9.02. The van der Waals surface area contributed by atoms with Gasteiger partial charge < -0.3 is 10.6 Å². The van der Waals surface area contributed by atoms with Gasteiger partial charge in [0.05, 0.1) is 27.0 Å². The topological polar surface area (TPSA) is 130 Å². The van der Waals surface area contributed by atoms with E-state index in [1.165, 1.54) is 17.8 Å². The fraction of sp³-hybridized carbons (Fsp3) is 0.217. The standard InChI is InChI=1S/C21H19Cl3N4O2.C2HF3N4/c1-4-13-10-17(28(27-13)19-15(23)6-5-7-16(19)24)21(30)26-18-11(2)8-12(22)9-14(18)20(29)25-3;3-2(4,5)1-6-8-9-7-1/h5-10H,4H2,1-3H3,(H,25,29)(H,26,30);(H,6,7,8,9). The van der Waals surface area contributed by atoms with E-state index in [-0.39, 0.29) is 17.2 Å². The van der Waals surface area contributed by atoms with Crippen molar-refractivity contribution >= 4 is 52.3 Å². The van der Waals surface area contributed by atoms with Crippen LogP contribution in [0.15, 0.2) is 36.4 Å². The van der Waals surface area contributed by atoms with Crippen molar-refractivity contribution in [1.82, 2.24) is 35.7 Å². The molecule has 206 valence electrons. The molecule has 0 saturated carbocycles. The number of benzene rings is 2. The SMILES string of the molecule is CCc1cc(C(=O)Nc2c(C)cc(Cl)cc2C(=O)NC)n(-c2c(Cl)cccc2Cl)n1.FC(F)(F)c1nn[nH]n1. The van der Waals surface area contributed by atoms with Gasteiger partial charge in [-0.05, 0) is 54.5 Å². The maximum Gasteiger partial charge on any atom is 0.455 e. The van der Waals surface area contributed by atoms with Gasteiger partial charge >= 0.3 is 6.18 Å². The number of nitrogens with one attached hydrogen (secondary N) is 3. The molecule has 16 heteroatoms. The number of halogens is 6. The molecule has 0 radical (unpaired) electrons. The van der Waals surface area contributed by atoms with E-state index in [4.69, 9.17) is 34.8 Å². The highest BCUT2D eigenvalue weighted by atomic mass is 35.5. The minimum atomic E-state index is -4.49. The summed E-state index contributed by atoms with van der Waals surface area (Å²) in [5.41, 5.74) is 2.60. The van der Waals surface area contributed by atoms with Crippen molar-refractivity contribution in [3.05, 3.63) is 79.8 Å². The van der Waals surface area contributed by atoms with Crippen LogP contribution in [0.2, 0.25) is 15.1 Å². The van der Waals surface area contributed by atoms with Crippen molar-refractivity contribution in [1.29, 1.82) is 0 Å². The minimum Gasteiger partial charge on any atom is -0.355 e. The Morgan fingerprint density at radius 3 is 2.26 bits per heavy atom. The summed E-state index contributed by atoms with van der Waals surface area (Å²) in [5, 5.41) is 20.8. The second kappa shape index (κ2) is 12.5. The first-order valence-electron chi connectivity index (χ1n) is 11.0. The van der Waals surface area contributed by atoms with Gasteiger partial charge in [0.15, 0.2) is 0 Å². The first-order chi connectivity index (χ1) is 18.4. The number of H-pyrrole nitrogens is 1. The van der Waals surface area contributed by atoms with E-state index in [9.17, 15) is 22.8 Å². The normalized spacial score (nSPS) is 11.0. The molecule has 39 heavy (non-hydrogen) atoms. The molecule has 2 aromatic heterocycles. The van der Waals surface area contributed by atoms with Crippen LogP contribution in [-0.4, -0.2) is 49.3 Å². The first-order valence-corrected chi connectivity index (χ1v) is 12.2. The number of carbonyl (C=O) groups is 2. The van der Waals surface area contributed by atoms with Crippen molar-refractivity contribution < 1.29 is 22.8 Å². The van der Waals surface area contributed by atoms with E-state index in [0.29, 0.717) is 44.1 Å². The second-order valence-electron chi connectivity index (χ2n) is 7.77. The molecule has 0 fully saturated rings. The third kappa shape index (κ3) is 7.05. The van der Waals surface area contributed by atoms with Crippen molar-refractivity contribution in [2.24, 2.45) is 0 Å². The van der Waals surface area contributed by atoms with Gasteiger partial charge in [-0.2, -0.15) is 23.5 Å². The zero-order chi connectivity index (χ0) is 28.9. The lowest BCUT2D eigenvalue weighted by molar-refractivity contribution is -0.144. The zero-order valence-electron chi connectivity index (χ0n) is 20.5. The number of amides is 2. The highest BCUT2D eigenvalue weighted by molar-refractivity contribution is 6.37. The van der Waals surface area contributed by atoms with Gasteiger partial charge in [-0.1, -0.05) is 47.8 Å². The molecule has 4 rings (SSSR count). The lowest BCUT2D eigenvalue weighted by Crippen LogP contribution is -2.23. The Morgan fingerprint density at radius 2 is 1.74 bits per heavy atom. The van der Waals surface area contributed by atoms with Gasteiger partial charge in [0.2, 0.25) is 0 Å². The highest BCUT2D eigenvalue weighted by Crippen LogP contribution is 2.31. The Kier molecular flexibility index (Phi) is 9.54. The number of anilines is 1. The molecule has 2 heterocycles. The average molecular weight is 604 g/mol. The molecule has 0 spiro atoms. The molecule has 0 atom stereocenters. The minimum absolute atomic E-state index is 0.235. The van der Waals surface area contributed by atoms with Gasteiger partial charge in [-0.3, -0.25) is 9.59 Å². The predicted molar refractivity (Wildman–Crippen MR) is 140 cm³/mol. The molecule has 3 N–H and O–H groups in total. The fourth-order valence-electron chi connectivity index (χ4n) is 3.31. The van der Waals surface area contributed by atoms with E-state index in [2.05, 4.69) is 31.1 Å². The molecular formula is C23H20Cl3F3N8O2. The molecule has 0 aliphatic heterocycles. The number of aromatic amines is 1. The predicted octanol–water partition coefficient (Wildman–Crippen LogP) is 5.53. The summed E-state index contributed by atoms with van der Waals surface area (Å²) in [7, 11) is 1.51. The lowest BCUT2D eigenvalue weighted by atomic mass is 10.1. The lowest BCUT2D eigenvalue weighted by Gasteiger charge is -2.15. The van der Waals surface area contributed by atoms with Crippen molar-refractivity contribution in [2.75, 3.05) is 12.4 Å². The number of hydrogen-bond acceptors (Lipinski definition) is 6. The van der Waals surface area contributed by atoms with Gasteiger partial charge in [-0.15, -0.1) is 10.2 Å². The highest BCUT2D eigenvalue weighted by Gasteiger charge is 2.35. The van der Waals surface area contributed by atoms with Crippen LogP contribution < -0.4 is 10.6 Å². The van der Waals surface area contributed by atoms with Crippen LogP contribution in [-0.2, 0) is 12.6 Å². The van der Waals surface area contributed by atoms with Crippen LogP contribution in [0.3, 0.4) is 0 Å². The largest absolute Gasteiger partial charge is 0.455 e. The van der Waals surface area contributed by atoms with Gasteiger partial charge in [-0.25, -0.2) is 4.68 Å². The molecule has 0 saturated heterocycles.